The monoisotopic (exact) mass is 354 g/mol. The van der Waals surface area contributed by atoms with E-state index in [9.17, 15) is 14.7 Å². The van der Waals surface area contributed by atoms with Crippen molar-refractivity contribution in [3.05, 3.63) is 0 Å². The minimum Gasteiger partial charge on any atom is -0.550 e. The van der Waals surface area contributed by atoms with Gasteiger partial charge in [0.15, 0.2) is 0 Å². The third kappa shape index (κ3) is 19.7. The second kappa shape index (κ2) is 14.3. The topological polar surface area (TPSA) is 84.9 Å². The molecule has 0 radical (unpaired) electrons. The van der Waals surface area contributed by atoms with Gasteiger partial charge in [0.05, 0.1) is 0 Å². The van der Waals surface area contributed by atoms with Gasteiger partial charge in [-0.25, -0.2) is 0 Å². The van der Waals surface area contributed by atoms with E-state index in [0.29, 0.717) is 12.8 Å². The van der Waals surface area contributed by atoms with Gasteiger partial charge in [-0.2, -0.15) is 0 Å². The molecule has 0 bridgehead atoms. The number of rotatable bonds is 10. The van der Waals surface area contributed by atoms with Crippen molar-refractivity contribution in [3.8, 4) is 0 Å². The van der Waals surface area contributed by atoms with Crippen molar-refractivity contribution in [1.82, 2.24) is 0 Å². The molecule has 0 aliphatic carbocycles. The second-order valence-electron chi connectivity index (χ2n) is 5.59. The molecule has 0 aromatic carbocycles. The largest absolute Gasteiger partial charge is 0.550 e. The maximum atomic E-state index is 10.4. The Hall–Kier alpha value is -0.266. The van der Waals surface area contributed by atoms with E-state index in [-0.39, 0.29) is 24.1 Å². The Balaban J connectivity index is 0. The molecule has 0 aromatic heterocycles. The van der Waals surface area contributed by atoms with Crippen molar-refractivity contribution in [1.29, 1.82) is 0 Å². The fourth-order valence-electron chi connectivity index (χ4n) is 1.19. The number of carbonyl (C=O) groups excluding carboxylic acids is 2. The standard InChI is InChI=1S/C6H10O3.3C3H7O.Ti/c1-2-3-5(7)4-6(8)9;3*1-3(2)4;/h2-4H2,1H3,(H,8,9);3*3H,1-2H3;/q;3*-1;+4/p-1. The molecule has 0 aliphatic heterocycles. The summed E-state index contributed by atoms with van der Waals surface area (Å²) in [4.78, 5) is 20.2. The molecule has 0 spiro atoms. The Morgan fingerprint density at radius 3 is 1.50 bits per heavy atom. The van der Waals surface area contributed by atoms with Crippen LogP contribution in [0.3, 0.4) is 0 Å². The molecule has 0 heterocycles. The maximum absolute atomic E-state index is 10.4. The molecule has 0 aliphatic rings. The number of Topliss-reactive ketones (excluding diaryl/α,β-unsaturated/α-hetero) is 1. The Morgan fingerprint density at radius 2 is 1.27 bits per heavy atom. The van der Waals surface area contributed by atoms with Crippen LogP contribution in [0.1, 0.15) is 67.7 Å². The number of carboxylic acid groups (broad SMARTS) is 1. The summed E-state index contributed by atoms with van der Waals surface area (Å²) in [5.41, 5.74) is 0. The Labute approximate surface area is 141 Å². The number of hydrogen-bond acceptors (Lipinski definition) is 6. The molecule has 0 amide bonds. The Morgan fingerprint density at radius 1 is 0.909 bits per heavy atom. The third-order valence-corrected chi connectivity index (χ3v) is 4.98. The predicted octanol–water partition coefficient (Wildman–Crippen LogP) is 2.12. The molecule has 0 atom stereocenters. The Kier molecular flexibility index (Phi) is 15.6. The van der Waals surface area contributed by atoms with Gasteiger partial charge < -0.3 is 9.90 Å². The molecule has 0 fully saturated rings. The number of carbonyl (C=O) groups is 2. The average Bonchev–Trinajstić information content (AvgIpc) is 2.25. The zero-order valence-corrected chi connectivity index (χ0v) is 16.4. The number of carboxylic acids is 1. The smallest absolute Gasteiger partial charge is 0.138 e. The zero-order chi connectivity index (χ0) is 17.7. The van der Waals surface area contributed by atoms with E-state index in [1.165, 1.54) is 0 Å². The first-order chi connectivity index (χ1) is 10.1. The SMILES string of the molecule is CC(C)[O][Ti+]([O]C(C)C)[O]C(C)C.CCCC(=O)CC(=O)[O-]. The number of aliphatic carboxylic acids is 1. The van der Waals surface area contributed by atoms with Crippen LogP contribution in [0.4, 0.5) is 0 Å². The van der Waals surface area contributed by atoms with Crippen molar-refractivity contribution >= 4 is 11.8 Å². The van der Waals surface area contributed by atoms with E-state index in [1.807, 2.05) is 48.5 Å². The summed E-state index contributed by atoms with van der Waals surface area (Å²) in [5.74, 6) is -1.54. The summed E-state index contributed by atoms with van der Waals surface area (Å²) in [6.45, 7) is 13.8. The summed E-state index contributed by atoms with van der Waals surface area (Å²) < 4.78 is 16.8. The van der Waals surface area contributed by atoms with Gasteiger partial charge in [-0.05, 0) is 6.42 Å². The van der Waals surface area contributed by atoms with Crippen LogP contribution < -0.4 is 5.11 Å². The van der Waals surface area contributed by atoms with Crippen LogP contribution in [0.15, 0.2) is 0 Å². The van der Waals surface area contributed by atoms with Gasteiger partial charge in [-0.15, -0.1) is 0 Å². The minimum absolute atomic E-state index is 0.187. The molecule has 0 saturated carbocycles. The molecule has 0 N–H and O–H groups in total. The van der Waals surface area contributed by atoms with Gasteiger partial charge >= 0.3 is 88.8 Å². The summed E-state index contributed by atoms with van der Waals surface area (Å²) in [6, 6.07) is 0. The van der Waals surface area contributed by atoms with Crippen LogP contribution in [-0.2, 0) is 38.6 Å². The molecule has 0 rings (SSSR count). The van der Waals surface area contributed by atoms with E-state index in [0.717, 1.165) is 0 Å². The molecular weight excluding hydrogens is 324 g/mol. The first-order valence-electron chi connectivity index (χ1n) is 7.66. The van der Waals surface area contributed by atoms with Crippen LogP contribution in [0.2, 0.25) is 0 Å². The Bertz CT molecular complexity index is 281. The van der Waals surface area contributed by atoms with Gasteiger partial charge in [0, 0.05) is 18.8 Å². The summed E-state index contributed by atoms with van der Waals surface area (Å²) >= 11 is -2.18. The summed E-state index contributed by atoms with van der Waals surface area (Å²) in [6.07, 6.45) is 1.17. The average molecular weight is 354 g/mol. The summed E-state index contributed by atoms with van der Waals surface area (Å²) in [5, 5.41) is 9.75. The predicted molar refractivity (Wildman–Crippen MR) is 78.2 cm³/mol. The van der Waals surface area contributed by atoms with Gasteiger partial charge in [-0.1, -0.05) is 6.92 Å². The number of hydrogen-bond donors (Lipinski definition) is 0. The van der Waals surface area contributed by atoms with Gasteiger partial charge in [0.25, 0.3) is 0 Å². The van der Waals surface area contributed by atoms with Crippen LogP contribution in [0.25, 0.3) is 0 Å². The van der Waals surface area contributed by atoms with Crippen molar-refractivity contribution in [2.75, 3.05) is 0 Å². The van der Waals surface area contributed by atoms with Crippen LogP contribution in [0.5, 0.6) is 0 Å². The summed E-state index contributed by atoms with van der Waals surface area (Å²) in [7, 11) is 0. The fraction of sp³-hybridized carbons (Fsp3) is 0.867. The molecule has 0 aromatic rings. The first kappa shape index (κ1) is 24.0. The van der Waals surface area contributed by atoms with Crippen LogP contribution >= 0.6 is 0 Å². The van der Waals surface area contributed by atoms with Crippen molar-refractivity contribution in [3.63, 3.8) is 0 Å². The molecule has 22 heavy (non-hydrogen) atoms. The molecule has 0 unspecified atom stereocenters. The van der Waals surface area contributed by atoms with E-state index in [1.54, 1.807) is 0 Å². The fourth-order valence-corrected chi connectivity index (χ4v) is 3.25. The second-order valence-corrected chi connectivity index (χ2v) is 7.47. The molecule has 130 valence electrons. The van der Waals surface area contributed by atoms with Crippen LogP contribution in [0, 0.1) is 0 Å². The van der Waals surface area contributed by atoms with Crippen molar-refractivity contribution in [2.24, 2.45) is 0 Å². The van der Waals surface area contributed by atoms with Gasteiger partial charge in [0.1, 0.15) is 5.78 Å². The van der Waals surface area contributed by atoms with Crippen molar-refractivity contribution < 1.29 is 43.7 Å². The van der Waals surface area contributed by atoms with E-state index in [2.05, 4.69) is 0 Å². The van der Waals surface area contributed by atoms with Crippen LogP contribution in [-0.4, -0.2) is 30.1 Å². The minimum atomic E-state index is -2.18. The molecule has 7 heteroatoms. The van der Waals surface area contributed by atoms with E-state index in [4.69, 9.17) is 9.96 Å². The first-order valence-corrected chi connectivity index (χ1v) is 9.58. The zero-order valence-electron chi connectivity index (χ0n) is 14.8. The van der Waals surface area contributed by atoms with E-state index < -0.39 is 31.4 Å². The van der Waals surface area contributed by atoms with Gasteiger partial charge in [-0.3, -0.25) is 4.79 Å². The molecule has 0 saturated heterocycles. The maximum Gasteiger partial charge on any atom is 0.138 e. The van der Waals surface area contributed by atoms with Crippen molar-refractivity contribution in [2.45, 2.75) is 86.0 Å². The van der Waals surface area contributed by atoms with Gasteiger partial charge in [0.2, 0.25) is 0 Å². The third-order valence-electron chi connectivity index (χ3n) is 1.87. The van der Waals surface area contributed by atoms with E-state index >= 15 is 0 Å². The number of ketones is 1. The molecular formula is C15H30O6Ti. The normalized spacial score (nSPS) is 10.6. The quantitative estimate of drug-likeness (QED) is 0.441. The molecule has 6 nitrogen and oxygen atoms in total.